The molecule has 2 aliphatic heterocycles. The number of hydrogen-bond donors (Lipinski definition) is 1. The monoisotopic (exact) mass is 425 g/mol. The quantitative estimate of drug-likeness (QED) is 0.516. The van der Waals surface area contributed by atoms with Gasteiger partial charge in [0.15, 0.2) is 0 Å². The molecule has 158 valence electrons. The standard InChI is InChI=1S/C19H24FN3O5S/c20-15-4-1-2-5-16(15)29(27,28)22-12-8-14(9-13-22)19(26)21-10-3-11-23-17(24)6-7-18(23)25/h1-2,4-5,14H,3,6-13H2,(H,21,26). The summed E-state index contributed by atoms with van der Waals surface area (Å²) in [6.45, 7) is 0.915. The minimum Gasteiger partial charge on any atom is -0.356 e. The summed E-state index contributed by atoms with van der Waals surface area (Å²) in [5, 5.41) is 2.78. The minimum atomic E-state index is -3.93. The van der Waals surface area contributed by atoms with Crippen molar-refractivity contribution in [3.05, 3.63) is 30.1 Å². The Bertz CT molecular complexity index is 881. The van der Waals surface area contributed by atoms with Crippen LogP contribution >= 0.6 is 0 Å². The first-order valence-corrected chi connectivity index (χ1v) is 11.1. The lowest BCUT2D eigenvalue weighted by molar-refractivity contribution is -0.138. The molecule has 1 aromatic rings. The van der Waals surface area contributed by atoms with E-state index in [1.165, 1.54) is 27.4 Å². The number of nitrogens with one attached hydrogen (secondary N) is 1. The number of hydrogen-bond acceptors (Lipinski definition) is 5. The maximum Gasteiger partial charge on any atom is 0.245 e. The molecular formula is C19H24FN3O5S. The van der Waals surface area contributed by atoms with Crippen molar-refractivity contribution < 1.29 is 27.2 Å². The maximum absolute atomic E-state index is 13.9. The summed E-state index contributed by atoms with van der Waals surface area (Å²) in [6, 6.07) is 5.25. The molecule has 1 aromatic carbocycles. The van der Waals surface area contributed by atoms with Crippen molar-refractivity contribution in [3.63, 3.8) is 0 Å². The van der Waals surface area contributed by atoms with Crippen LogP contribution in [0.15, 0.2) is 29.2 Å². The van der Waals surface area contributed by atoms with Gasteiger partial charge in [0.1, 0.15) is 10.7 Å². The van der Waals surface area contributed by atoms with Crippen LogP contribution < -0.4 is 5.32 Å². The molecule has 2 aliphatic rings. The average Bonchev–Trinajstić information content (AvgIpc) is 3.03. The first kappa shape index (κ1) is 21.4. The lowest BCUT2D eigenvalue weighted by Gasteiger charge is -2.30. The van der Waals surface area contributed by atoms with Crippen LogP contribution in [-0.4, -0.2) is 61.5 Å². The third-order valence-electron chi connectivity index (χ3n) is 5.29. The van der Waals surface area contributed by atoms with Crippen LogP contribution in [0.4, 0.5) is 4.39 Å². The number of likely N-dealkylation sites (tertiary alicyclic amines) is 1. The molecule has 8 nitrogen and oxygen atoms in total. The number of piperidine rings is 1. The molecule has 0 aromatic heterocycles. The van der Waals surface area contributed by atoms with Gasteiger partial charge in [-0.2, -0.15) is 4.31 Å². The zero-order chi connectivity index (χ0) is 21.0. The van der Waals surface area contributed by atoms with Crippen molar-refractivity contribution in [2.75, 3.05) is 26.2 Å². The summed E-state index contributed by atoms with van der Waals surface area (Å²) in [4.78, 5) is 36.3. The molecule has 0 unspecified atom stereocenters. The SMILES string of the molecule is O=C(NCCCN1C(=O)CCC1=O)C1CCN(S(=O)(=O)c2ccccc2F)CC1. The van der Waals surface area contributed by atoms with Crippen LogP contribution in [-0.2, 0) is 24.4 Å². The van der Waals surface area contributed by atoms with E-state index in [9.17, 15) is 27.2 Å². The van der Waals surface area contributed by atoms with Gasteiger partial charge in [-0.25, -0.2) is 12.8 Å². The molecule has 0 saturated carbocycles. The highest BCUT2D eigenvalue weighted by Crippen LogP contribution is 2.25. The highest BCUT2D eigenvalue weighted by molar-refractivity contribution is 7.89. The molecule has 1 N–H and O–H groups in total. The Labute approximate surface area is 169 Å². The van der Waals surface area contributed by atoms with Gasteiger partial charge in [-0.05, 0) is 31.4 Å². The van der Waals surface area contributed by atoms with Crippen LogP contribution in [0.2, 0.25) is 0 Å². The number of rotatable bonds is 7. The van der Waals surface area contributed by atoms with Gasteiger partial charge in [0.05, 0.1) is 0 Å². The van der Waals surface area contributed by atoms with E-state index in [2.05, 4.69) is 5.32 Å². The van der Waals surface area contributed by atoms with Crippen LogP contribution in [0, 0.1) is 11.7 Å². The van der Waals surface area contributed by atoms with E-state index >= 15 is 0 Å². The molecule has 0 atom stereocenters. The van der Waals surface area contributed by atoms with Crippen molar-refractivity contribution >= 4 is 27.7 Å². The first-order valence-electron chi connectivity index (χ1n) is 9.66. The highest BCUT2D eigenvalue weighted by atomic mass is 32.2. The summed E-state index contributed by atoms with van der Waals surface area (Å²) >= 11 is 0. The summed E-state index contributed by atoms with van der Waals surface area (Å²) < 4.78 is 40.3. The van der Waals surface area contributed by atoms with E-state index in [1.807, 2.05) is 0 Å². The van der Waals surface area contributed by atoms with Gasteiger partial charge in [0.2, 0.25) is 27.7 Å². The van der Waals surface area contributed by atoms with Gasteiger partial charge in [-0.3, -0.25) is 19.3 Å². The second kappa shape index (κ2) is 9.00. The number of carbonyl (C=O) groups excluding carboxylic acids is 3. The Kier molecular flexibility index (Phi) is 6.63. The Morgan fingerprint density at radius 3 is 2.34 bits per heavy atom. The fourth-order valence-corrected chi connectivity index (χ4v) is 5.15. The zero-order valence-electron chi connectivity index (χ0n) is 16.0. The van der Waals surface area contributed by atoms with Crippen molar-refractivity contribution in [2.45, 2.75) is 37.0 Å². The van der Waals surface area contributed by atoms with Gasteiger partial charge in [-0.15, -0.1) is 0 Å². The van der Waals surface area contributed by atoms with E-state index in [0.717, 1.165) is 6.07 Å². The van der Waals surface area contributed by atoms with E-state index in [0.29, 0.717) is 25.8 Å². The van der Waals surface area contributed by atoms with Crippen LogP contribution in [0.5, 0.6) is 0 Å². The number of halogens is 1. The Morgan fingerprint density at radius 2 is 1.72 bits per heavy atom. The van der Waals surface area contributed by atoms with Gasteiger partial charge in [0.25, 0.3) is 0 Å². The van der Waals surface area contributed by atoms with Gasteiger partial charge in [-0.1, -0.05) is 12.1 Å². The van der Waals surface area contributed by atoms with Crippen molar-refractivity contribution in [2.24, 2.45) is 5.92 Å². The lowest BCUT2D eigenvalue weighted by atomic mass is 9.97. The third kappa shape index (κ3) is 4.81. The summed E-state index contributed by atoms with van der Waals surface area (Å²) in [6.07, 6.45) is 1.67. The topological polar surface area (TPSA) is 104 Å². The molecule has 3 amide bonds. The molecule has 2 saturated heterocycles. The van der Waals surface area contributed by atoms with Crippen LogP contribution in [0.25, 0.3) is 0 Å². The zero-order valence-corrected chi connectivity index (χ0v) is 16.8. The smallest absolute Gasteiger partial charge is 0.245 e. The van der Waals surface area contributed by atoms with E-state index in [-0.39, 0.29) is 61.0 Å². The van der Waals surface area contributed by atoms with Crippen molar-refractivity contribution in [3.8, 4) is 0 Å². The second-order valence-electron chi connectivity index (χ2n) is 7.19. The van der Waals surface area contributed by atoms with Gasteiger partial charge >= 0.3 is 0 Å². The predicted octanol–water partition coefficient (Wildman–Crippen LogP) is 0.882. The molecule has 10 heteroatoms. The van der Waals surface area contributed by atoms with E-state index < -0.39 is 15.8 Å². The molecule has 3 rings (SSSR count). The number of imide groups is 1. The fraction of sp³-hybridized carbons (Fsp3) is 0.526. The minimum absolute atomic E-state index is 0.144. The summed E-state index contributed by atoms with van der Waals surface area (Å²) in [5.41, 5.74) is 0. The number of carbonyl (C=O) groups is 3. The fourth-order valence-electron chi connectivity index (χ4n) is 3.62. The molecule has 0 aliphatic carbocycles. The van der Waals surface area contributed by atoms with Crippen LogP contribution in [0.1, 0.15) is 32.1 Å². The maximum atomic E-state index is 13.9. The summed E-state index contributed by atoms with van der Waals surface area (Å²) in [5.74, 6) is -1.64. The van der Waals surface area contributed by atoms with E-state index in [4.69, 9.17) is 0 Å². The number of nitrogens with zero attached hydrogens (tertiary/aromatic N) is 2. The molecule has 0 radical (unpaired) electrons. The van der Waals surface area contributed by atoms with Gasteiger partial charge < -0.3 is 5.32 Å². The normalized spacial score (nSPS) is 19.0. The van der Waals surface area contributed by atoms with Crippen molar-refractivity contribution in [1.29, 1.82) is 0 Å². The molecule has 0 spiro atoms. The lowest BCUT2D eigenvalue weighted by Crippen LogP contribution is -2.43. The average molecular weight is 425 g/mol. The largest absolute Gasteiger partial charge is 0.356 e. The molecule has 2 heterocycles. The highest BCUT2D eigenvalue weighted by Gasteiger charge is 2.33. The predicted molar refractivity (Wildman–Crippen MR) is 101 cm³/mol. The third-order valence-corrected chi connectivity index (χ3v) is 7.22. The number of amides is 3. The van der Waals surface area contributed by atoms with E-state index in [1.54, 1.807) is 0 Å². The second-order valence-corrected chi connectivity index (χ2v) is 9.10. The van der Waals surface area contributed by atoms with Crippen molar-refractivity contribution in [1.82, 2.24) is 14.5 Å². The van der Waals surface area contributed by atoms with Gasteiger partial charge in [0, 0.05) is 44.9 Å². The number of sulfonamides is 1. The molecule has 29 heavy (non-hydrogen) atoms. The first-order chi connectivity index (χ1) is 13.8. The molecule has 2 fully saturated rings. The molecule has 0 bridgehead atoms. The summed E-state index contributed by atoms with van der Waals surface area (Å²) in [7, 11) is -3.93. The Hall–Kier alpha value is -2.33. The molecular weight excluding hydrogens is 401 g/mol. The van der Waals surface area contributed by atoms with Crippen LogP contribution in [0.3, 0.4) is 0 Å². The Morgan fingerprint density at radius 1 is 1.10 bits per heavy atom. The number of benzene rings is 1. The Balaban J connectivity index is 1.44.